The molecule has 0 amide bonds. The molecule has 1 atom stereocenters. The van der Waals surface area contributed by atoms with Crippen LogP contribution in [0, 0.1) is 0 Å². The maximum atomic E-state index is 13.4. The molecule has 0 saturated carbocycles. The molecule has 0 N–H and O–H groups in total. The summed E-state index contributed by atoms with van der Waals surface area (Å²) >= 11 is 3.03. The zero-order chi connectivity index (χ0) is 13.6. The lowest BCUT2D eigenvalue weighted by molar-refractivity contribution is -0.0355. The summed E-state index contributed by atoms with van der Waals surface area (Å²) in [6, 6.07) is 5.29. The largest absolute Gasteiger partial charge is 0.442 e. The van der Waals surface area contributed by atoms with E-state index in [0.29, 0.717) is 16.2 Å². The molecule has 0 saturated heterocycles. The number of fused-ring (bicyclic) bond motifs is 1. The Morgan fingerprint density at radius 3 is 2.33 bits per heavy atom. The number of allylic oxidation sites excluding steroid dienone is 1. The molecule has 1 aliphatic heterocycles. The molecule has 2 rings (SSSR count). The summed E-state index contributed by atoms with van der Waals surface area (Å²) in [5.41, 5.74) is -2.46. The Kier molecular flexibility index (Phi) is 3.58. The van der Waals surface area contributed by atoms with Gasteiger partial charge in [0.1, 0.15) is 0 Å². The van der Waals surface area contributed by atoms with Gasteiger partial charge in [-0.2, -0.15) is 13.2 Å². The average molecular weight is 339 g/mol. The fourth-order valence-electron chi connectivity index (χ4n) is 2.16. The molecule has 1 aromatic rings. The van der Waals surface area contributed by atoms with Crippen LogP contribution in [0.3, 0.4) is 0 Å². The predicted molar refractivity (Wildman–Crippen MR) is 74.9 cm³/mol. The third-order valence-corrected chi connectivity index (χ3v) is 9.27. The second kappa shape index (κ2) is 4.60. The van der Waals surface area contributed by atoms with Crippen LogP contribution in [-0.4, -0.2) is 5.51 Å². The van der Waals surface area contributed by atoms with Crippen molar-refractivity contribution in [1.82, 2.24) is 0 Å². The van der Waals surface area contributed by atoms with Gasteiger partial charge < -0.3 is 0 Å². The Hall–Kier alpha value is -0.420. The molecule has 0 spiro atoms. The quantitative estimate of drug-likeness (QED) is 0.619. The van der Waals surface area contributed by atoms with Gasteiger partial charge in [-0.3, -0.25) is 0 Å². The zero-order valence-corrected chi connectivity index (χ0v) is 12.5. The summed E-state index contributed by atoms with van der Waals surface area (Å²) in [7, 11) is -3.02. The molecular formula is C13H14BrF3S. The highest BCUT2D eigenvalue weighted by molar-refractivity contribution is 9.59. The molecule has 0 aromatic heterocycles. The molecule has 0 aliphatic carbocycles. The average Bonchev–Trinajstić information content (AvgIpc) is 2.62. The van der Waals surface area contributed by atoms with E-state index in [2.05, 4.69) is 14.8 Å². The minimum absolute atomic E-state index is 0.393. The lowest BCUT2D eigenvalue weighted by atomic mass is 10.1. The Balaban J connectivity index is 2.63. The van der Waals surface area contributed by atoms with Crippen LogP contribution >= 0.6 is 23.3 Å². The normalized spacial score (nSPS) is 26.4. The number of hydrogen-bond acceptors (Lipinski definition) is 0. The van der Waals surface area contributed by atoms with Gasteiger partial charge in [0.2, 0.25) is 0 Å². The van der Waals surface area contributed by atoms with Crippen LogP contribution in [-0.2, 0) is 6.42 Å². The Morgan fingerprint density at radius 1 is 1.17 bits per heavy atom. The molecule has 1 heterocycles. The van der Waals surface area contributed by atoms with Crippen molar-refractivity contribution in [2.75, 3.05) is 0 Å². The van der Waals surface area contributed by atoms with Gasteiger partial charge in [-0.15, -0.1) is 0 Å². The zero-order valence-electron chi connectivity index (χ0n) is 10.1. The summed E-state index contributed by atoms with van der Waals surface area (Å²) in [6.45, 7) is 3.77. The van der Waals surface area contributed by atoms with Gasteiger partial charge in [-0.1, -0.05) is 26.0 Å². The monoisotopic (exact) mass is 338 g/mol. The topological polar surface area (TPSA) is 0 Å². The molecule has 0 fully saturated rings. The van der Waals surface area contributed by atoms with E-state index in [-0.39, 0.29) is 0 Å². The molecule has 1 aliphatic rings. The Morgan fingerprint density at radius 2 is 1.83 bits per heavy atom. The minimum atomic E-state index is -4.24. The lowest BCUT2D eigenvalue weighted by Crippen LogP contribution is -2.15. The lowest BCUT2D eigenvalue weighted by Gasteiger charge is -2.34. The predicted octanol–water partition coefficient (Wildman–Crippen LogP) is 6.01. The Labute approximate surface area is 114 Å². The highest BCUT2D eigenvalue weighted by Crippen LogP contribution is 2.81. The number of aryl methyl sites for hydroxylation is 1. The van der Waals surface area contributed by atoms with Crippen LogP contribution in [0.4, 0.5) is 13.2 Å². The second-order valence-electron chi connectivity index (χ2n) is 4.17. The molecule has 0 bridgehead atoms. The van der Waals surface area contributed by atoms with Crippen molar-refractivity contribution < 1.29 is 13.2 Å². The van der Waals surface area contributed by atoms with Crippen molar-refractivity contribution in [2.24, 2.45) is 0 Å². The van der Waals surface area contributed by atoms with Crippen LogP contribution in [0.15, 0.2) is 28.0 Å². The van der Waals surface area contributed by atoms with Crippen LogP contribution in [0.25, 0.3) is 6.08 Å². The molecule has 0 nitrogen and oxygen atoms in total. The second-order valence-corrected chi connectivity index (χ2v) is 9.59. The molecule has 1 aromatic carbocycles. The van der Waals surface area contributed by atoms with Crippen molar-refractivity contribution in [3.8, 4) is 0 Å². The highest BCUT2D eigenvalue weighted by atomic mass is 79.9. The summed E-state index contributed by atoms with van der Waals surface area (Å²) in [4.78, 5) is 0.849. The first-order chi connectivity index (χ1) is 8.34. The van der Waals surface area contributed by atoms with Crippen molar-refractivity contribution in [3.05, 3.63) is 34.2 Å². The number of halogens is 4. The third-order valence-electron chi connectivity index (χ3n) is 3.13. The van der Waals surface area contributed by atoms with Gasteiger partial charge in [0.15, 0.2) is 0 Å². The van der Waals surface area contributed by atoms with E-state index >= 15 is 0 Å². The summed E-state index contributed by atoms with van der Waals surface area (Å²) < 4.78 is 40.2. The van der Waals surface area contributed by atoms with Gasteiger partial charge in [-0.25, -0.2) is 0 Å². The van der Waals surface area contributed by atoms with E-state index < -0.39 is 14.0 Å². The number of benzene rings is 1. The molecular weight excluding hydrogens is 325 g/mol. The minimum Gasteiger partial charge on any atom is -0.160 e. The maximum absolute atomic E-state index is 13.4. The summed E-state index contributed by atoms with van der Waals surface area (Å²) in [6.07, 6.45) is 2.95. The number of hydrogen-bond donors (Lipinski definition) is 0. The fourth-order valence-corrected chi connectivity index (χ4v) is 6.22. The smallest absolute Gasteiger partial charge is 0.160 e. The van der Waals surface area contributed by atoms with Crippen molar-refractivity contribution in [1.29, 1.82) is 0 Å². The summed E-state index contributed by atoms with van der Waals surface area (Å²) in [5.74, 6) is 0. The maximum Gasteiger partial charge on any atom is 0.442 e. The van der Waals surface area contributed by atoms with Crippen LogP contribution in [0.5, 0.6) is 0 Å². The molecule has 100 valence electrons. The molecule has 1 unspecified atom stereocenters. The van der Waals surface area contributed by atoms with Gasteiger partial charge >= 0.3 is 5.51 Å². The van der Waals surface area contributed by atoms with E-state index in [1.807, 2.05) is 13.0 Å². The number of alkyl halides is 3. The Bertz CT molecular complexity index is 507. The van der Waals surface area contributed by atoms with E-state index in [0.717, 1.165) is 17.5 Å². The van der Waals surface area contributed by atoms with Crippen molar-refractivity contribution in [3.63, 3.8) is 0 Å². The molecule has 18 heavy (non-hydrogen) atoms. The summed E-state index contributed by atoms with van der Waals surface area (Å²) in [5, 5.41) is 0. The number of rotatable bonds is 2. The standard InChI is InChI=1S/C13H14BrF3S/c1-3-9-5-6-12-10(7-9)8-11(4-2)18(12,14)13(15,16)17/h5-8H,3-4H2,1-2H3. The third kappa shape index (κ3) is 1.92. The van der Waals surface area contributed by atoms with Gasteiger partial charge in [-0.05, 0) is 64.3 Å². The van der Waals surface area contributed by atoms with Gasteiger partial charge in [0, 0.05) is 4.90 Å². The highest BCUT2D eigenvalue weighted by Gasteiger charge is 2.54. The molecule has 5 heteroatoms. The fraction of sp³-hybridized carbons (Fsp3) is 0.385. The SMILES string of the molecule is CCC1=Cc2cc(CC)ccc2S1(Br)C(F)(F)F. The van der Waals surface area contributed by atoms with E-state index in [1.165, 1.54) is 0 Å². The van der Waals surface area contributed by atoms with E-state index in [9.17, 15) is 13.2 Å². The first-order valence-corrected chi connectivity index (χ1v) is 9.25. The van der Waals surface area contributed by atoms with Crippen LogP contribution in [0.1, 0.15) is 31.4 Å². The first-order valence-electron chi connectivity index (χ1n) is 5.77. The molecule has 0 radical (unpaired) electrons. The van der Waals surface area contributed by atoms with Crippen LogP contribution in [0.2, 0.25) is 0 Å². The van der Waals surface area contributed by atoms with Crippen molar-refractivity contribution in [2.45, 2.75) is 37.1 Å². The van der Waals surface area contributed by atoms with E-state index in [4.69, 9.17) is 0 Å². The van der Waals surface area contributed by atoms with Crippen LogP contribution < -0.4 is 0 Å². The van der Waals surface area contributed by atoms with Gasteiger partial charge in [0.05, 0.1) is 0 Å². The van der Waals surface area contributed by atoms with Gasteiger partial charge in [0.25, 0.3) is 0 Å². The first kappa shape index (κ1) is 14.0. The van der Waals surface area contributed by atoms with E-state index in [1.54, 1.807) is 25.1 Å². The van der Waals surface area contributed by atoms with Crippen molar-refractivity contribution >= 4 is 29.4 Å².